The molecule has 6 nitrogen and oxygen atoms in total. The molecule has 0 unspecified atom stereocenters. The fourth-order valence-corrected chi connectivity index (χ4v) is 2.00. The van der Waals surface area contributed by atoms with Crippen LogP contribution in [-0.4, -0.2) is 17.5 Å². The van der Waals surface area contributed by atoms with Crippen molar-refractivity contribution in [3.63, 3.8) is 0 Å². The topological polar surface area (TPSA) is 124 Å². The second-order valence-electron chi connectivity index (χ2n) is 3.83. The zero-order chi connectivity index (χ0) is 12.4. The number of hydrazone groups is 1. The Labute approximate surface area is 98.7 Å². The maximum Gasteiger partial charge on any atom is 0.206 e. The fraction of sp³-hybridized carbons (Fsp3) is 0.182. The van der Waals surface area contributed by atoms with Crippen molar-refractivity contribution in [2.45, 2.75) is 12.8 Å². The Balaban J connectivity index is 2.39. The summed E-state index contributed by atoms with van der Waals surface area (Å²) in [6.45, 7) is 0. The van der Waals surface area contributed by atoms with Crippen molar-refractivity contribution in [2.24, 2.45) is 16.6 Å². The van der Waals surface area contributed by atoms with Crippen molar-refractivity contribution in [1.82, 2.24) is 5.43 Å². The molecule has 88 valence electrons. The van der Waals surface area contributed by atoms with E-state index in [2.05, 4.69) is 10.5 Å². The Bertz CT molecular complexity index is 517. The van der Waals surface area contributed by atoms with Gasteiger partial charge in [-0.1, -0.05) is 18.2 Å². The Morgan fingerprint density at radius 2 is 2.00 bits per heavy atom. The molecular weight excluding hydrogens is 216 g/mol. The molecule has 2 rings (SSSR count). The Hall–Kier alpha value is -2.37. The molecule has 0 fully saturated rings. The summed E-state index contributed by atoms with van der Waals surface area (Å²) in [7, 11) is 0. The van der Waals surface area contributed by atoms with Gasteiger partial charge in [0.05, 0.1) is 5.71 Å². The fourth-order valence-electron chi connectivity index (χ4n) is 2.00. The van der Waals surface area contributed by atoms with E-state index < -0.39 is 0 Å². The maximum atomic E-state index is 7.51. The molecule has 0 bridgehead atoms. The van der Waals surface area contributed by atoms with Crippen LogP contribution < -0.4 is 16.9 Å². The molecule has 1 aromatic carbocycles. The highest BCUT2D eigenvalue weighted by Gasteiger charge is 2.21. The average molecular weight is 230 g/mol. The Kier molecular flexibility index (Phi) is 2.78. The van der Waals surface area contributed by atoms with Crippen LogP contribution in [0.3, 0.4) is 0 Å². The van der Waals surface area contributed by atoms with Crippen molar-refractivity contribution < 1.29 is 0 Å². The van der Waals surface area contributed by atoms with Crippen LogP contribution >= 0.6 is 0 Å². The van der Waals surface area contributed by atoms with Gasteiger partial charge in [0.15, 0.2) is 0 Å². The third kappa shape index (κ3) is 2.10. The molecule has 0 saturated heterocycles. The number of amidine groups is 1. The number of nitrogens with one attached hydrogen (secondary N) is 3. The van der Waals surface area contributed by atoms with Gasteiger partial charge in [-0.15, -0.1) is 0 Å². The number of rotatable bonds is 2. The van der Waals surface area contributed by atoms with E-state index in [0.717, 1.165) is 35.2 Å². The van der Waals surface area contributed by atoms with E-state index in [0.29, 0.717) is 0 Å². The van der Waals surface area contributed by atoms with Gasteiger partial charge >= 0.3 is 0 Å². The number of hydrogen-bond acceptors (Lipinski definition) is 3. The number of guanidine groups is 1. The second kappa shape index (κ2) is 4.25. The van der Waals surface area contributed by atoms with Gasteiger partial charge in [0.25, 0.3) is 0 Å². The van der Waals surface area contributed by atoms with Gasteiger partial charge in [0.1, 0.15) is 5.84 Å². The number of nitrogens with two attached hydrogens (primary N) is 2. The molecule has 0 heterocycles. The first-order valence-electron chi connectivity index (χ1n) is 5.23. The predicted octanol–water partition coefficient (Wildman–Crippen LogP) is 0.104. The highest BCUT2D eigenvalue weighted by molar-refractivity contribution is 6.08. The standard InChI is InChI=1S/C11H14N6/c12-10(13)8-3-1-2-7-6(8)4-5-9(7)16-17-11(14)15/h1-3H,4-5H2,(H3,12,13)(H4,14,15,17)/b16-9-. The Morgan fingerprint density at radius 1 is 1.24 bits per heavy atom. The van der Waals surface area contributed by atoms with E-state index in [1.165, 1.54) is 0 Å². The predicted molar refractivity (Wildman–Crippen MR) is 67.4 cm³/mol. The van der Waals surface area contributed by atoms with Crippen LogP contribution in [0.2, 0.25) is 0 Å². The molecule has 0 saturated carbocycles. The molecule has 17 heavy (non-hydrogen) atoms. The minimum absolute atomic E-state index is 0.0719. The molecule has 0 amide bonds. The van der Waals surface area contributed by atoms with Crippen LogP contribution in [-0.2, 0) is 6.42 Å². The van der Waals surface area contributed by atoms with Crippen LogP contribution in [0.25, 0.3) is 0 Å². The van der Waals surface area contributed by atoms with Crippen molar-refractivity contribution >= 4 is 17.5 Å². The second-order valence-corrected chi connectivity index (χ2v) is 3.83. The molecule has 7 N–H and O–H groups in total. The highest BCUT2D eigenvalue weighted by atomic mass is 15.3. The number of nitrogen functional groups attached to an aromatic ring is 1. The zero-order valence-electron chi connectivity index (χ0n) is 9.25. The van der Waals surface area contributed by atoms with Crippen LogP contribution in [0.4, 0.5) is 0 Å². The van der Waals surface area contributed by atoms with Crippen LogP contribution in [0.15, 0.2) is 23.3 Å². The van der Waals surface area contributed by atoms with Gasteiger partial charge in [-0.2, -0.15) is 5.10 Å². The quantitative estimate of drug-likeness (QED) is 0.281. The van der Waals surface area contributed by atoms with Crippen molar-refractivity contribution in [3.05, 3.63) is 34.9 Å². The average Bonchev–Trinajstić information content (AvgIpc) is 2.68. The zero-order valence-corrected chi connectivity index (χ0v) is 9.25. The molecule has 0 radical (unpaired) electrons. The molecule has 0 spiro atoms. The van der Waals surface area contributed by atoms with E-state index >= 15 is 0 Å². The van der Waals surface area contributed by atoms with Gasteiger partial charge in [-0.05, 0) is 18.4 Å². The van der Waals surface area contributed by atoms with Gasteiger partial charge in [0, 0.05) is 11.1 Å². The molecule has 0 atom stereocenters. The van der Waals surface area contributed by atoms with E-state index in [1.807, 2.05) is 18.2 Å². The first-order valence-corrected chi connectivity index (χ1v) is 5.23. The van der Waals surface area contributed by atoms with Crippen molar-refractivity contribution in [2.75, 3.05) is 0 Å². The highest BCUT2D eigenvalue weighted by Crippen LogP contribution is 2.25. The third-order valence-corrected chi connectivity index (χ3v) is 2.70. The van der Waals surface area contributed by atoms with Gasteiger partial charge in [-0.25, -0.2) is 5.43 Å². The first-order chi connectivity index (χ1) is 8.09. The smallest absolute Gasteiger partial charge is 0.206 e. The van der Waals surface area contributed by atoms with Crippen LogP contribution in [0.1, 0.15) is 23.1 Å². The van der Waals surface area contributed by atoms with Gasteiger partial charge in [0.2, 0.25) is 5.96 Å². The van der Waals surface area contributed by atoms with Crippen molar-refractivity contribution in [3.8, 4) is 0 Å². The van der Waals surface area contributed by atoms with E-state index in [1.54, 1.807) is 0 Å². The monoisotopic (exact) mass is 230 g/mol. The number of nitrogens with zero attached hydrogens (tertiary/aromatic N) is 1. The summed E-state index contributed by atoms with van der Waals surface area (Å²) >= 11 is 0. The van der Waals surface area contributed by atoms with Gasteiger partial charge < -0.3 is 11.5 Å². The molecule has 1 aliphatic rings. The molecule has 1 aliphatic carbocycles. The lowest BCUT2D eigenvalue weighted by Crippen LogP contribution is -2.26. The molecule has 1 aromatic rings. The molecule has 0 aromatic heterocycles. The first kappa shape index (κ1) is 11.1. The summed E-state index contributed by atoms with van der Waals surface area (Å²) in [6, 6.07) is 5.63. The summed E-state index contributed by atoms with van der Waals surface area (Å²) in [4.78, 5) is 0. The number of hydrogen-bond donors (Lipinski definition) is 5. The molecular formula is C11H14N6. The SMILES string of the molecule is N=C(N)N/N=C1/CCc2c(C(=N)N)cccc21. The minimum atomic E-state index is -0.186. The number of fused-ring (bicyclic) bond motifs is 1. The summed E-state index contributed by atoms with van der Waals surface area (Å²) in [6.07, 6.45) is 1.57. The molecule has 0 aliphatic heterocycles. The largest absolute Gasteiger partial charge is 0.384 e. The minimum Gasteiger partial charge on any atom is -0.384 e. The summed E-state index contributed by atoms with van der Waals surface area (Å²) < 4.78 is 0. The maximum absolute atomic E-state index is 7.51. The van der Waals surface area contributed by atoms with E-state index in [-0.39, 0.29) is 11.8 Å². The summed E-state index contributed by atoms with van der Waals surface area (Å²) in [5.41, 5.74) is 16.8. The Morgan fingerprint density at radius 3 is 2.65 bits per heavy atom. The van der Waals surface area contributed by atoms with Crippen LogP contribution in [0.5, 0.6) is 0 Å². The lowest BCUT2D eigenvalue weighted by Gasteiger charge is -2.06. The van der Waals surface area contributed by atoms with E-state index in [4.69, 9.17) is 22.3 Å². The summed E-state index contributed by atoms with van der Waals surface area (Å²) in [5, 5.41) is 18.6. The van der Waals surface area contributed by atoms with Crippen molar-refractivity contribution in [1.29, 1.82) is 10.8 Å². The van der Waals surface area contributed by atoms with Gasteiger partial charge in [-0.3, -0.25) is 10.8 Å². The third-order valence-electron chi connectivity index (χ3n) is 2.70. The summed E-state index contributed by atoms with van der Waals surface area (Å²) in [5.74, 6) is -0.115. The number of benzene rings is 1. The normalized spacial score (nSPS) is 15.6. The molecule has 6 heteroatoms. The van der Waals surface area contributed by atoms with Crippen LogP contribution in [0, 0.1) is 10.8 Å². The lowest BCUT2D eigenvalue weighted by molar-refractivity contribution is 0.976. The lowest BCUT2D eigenvalue weighted by atomic mass is 10.0. The van der Waals surface area contributed by atoms with E-state index in [9.17, 15) is 0 Å².